The molecule has 0 saturated carbocycles. The van der Waals surface area contributed by atoms with Gasteiger partial charge in [-0.25, -0.2) is 4.79 Å². The van der Waals surface area contributed by atoms with Crippen molar-refractivity contribution in [1.82, 2.24) is 0 Å². The topological polar surface area (TPSA) is 75.7 Å². The van der Waals surface area contributed by atoms with E-state index in [-0.39, 0.29) is 11.3 Å². The van der Waals surface area contributed by atoms with Gasteiger partial charge in [0.15, 0.2) is 0 Å². The normalized spacial score (nSPS) is 9.21. The number of rotatable bonds is 2. The molecule has 0 N–H and O–H groups in total. The highest BCUT2D eigenvalue weighted by Crippen LogP contribution is 2.17. The van der Waals surface area contributed by atoms with Crippen LogP contribution in [0.2, 0.25) is 0 Å². The van der Waals surface area contributed by atoms with E-state index in [1.807, 2.05) is 0 Å². The molecule has 0 spiro atoms. The number of methoxy groups -OCH3 is 1. The number of carbonyl (C=O) groups is 2. The second-order valence-corrected chi connectivity index (χ2v) is 2.34. The molecular formula is C9H7O5-. The molecule has 0 unspecified atom stereocenters. The standard InChI is InChI=1S/C9H8O5/c1-13-9(12)14-7-5-3-2-4-6(7)8(10)11/h2-5H,1H3,(H,10,11)/p-1. The summed E-state index contributed by atoms with van der Waals surface area (Å²) in [6, 6.07) is 5.63. The lowest BCUT2D eigenvalue weighted by Crippen LogP contribution is -2.23. The van der Waals surface area contributed by atoms with Gasteiger partial charge in [0.2, 0.25) is 0 Å². The van der Waals surface area contributed by atoms with Crippen molar-refractivity contribution in [2.45, 2.75) is 0 Å². The van der Waals surface area contributed by atoms with Crippen LogP contribution in [-0.2, 0) is 4.74 Å². The quantitative estimate of drug-likeness (QED) is 0.497. The molecule has 0 bridgehead atoms. The van der Waals surface area contributed by atoms with Gasteiger partial charge in [-0.05, 0) is 12.1 Å². The monoisotopic (exact) mass is 195 g/mol. The zero-order chi connectivity index (χ0) is 10.6. The molecule has 0 aromatic heterocycles. The molecule has 74 valence electrons. The Hall–Kier alpha value is -2.04. The van der Waals surface area contributed by atoms with Gasteiger partial charge in [0, 0.05) is 5.56 Å². The first-order valence-electron chi connectivity index (χ1n) is 3.71. The average molecular weight is 195 g/mol. The number of hydrogen-bond acceptors (Lipinski definition) is 5. The van der Waals surface area contributed by atoms with E-state index in [1.54, 1.807) is 0 Å². The molecule has 0 radical (unpaired) electrons. The van der Waals surface area contributed by atoms with Crippen molar-refractivity contribution in [2.75, 3.05) is 7.11 Å². The molecule has 1 rings (SSSR count). The highest BCUT2D eigenvalue weighted by atomic mass is 16.7. The van der Waals surface area contributed by atoms with Gasteiger partial charge in [0.05, 0.1) is 13.1 Å². The summed E-state index contributed by atoms with van der Waals surface area (Å²) in [7, 11) is 1.13. The van der Waals surface area contributed by atoms with E-state index in [4.69, 9.17) is 0 Å². The highest BCUT2D eigenvalue weighted by molar-refractivity contribution is 5.90. The average Bonchev–Trinajstić information content (AvgIpc) is 2.18. The predicted octanol–water partition coefficient (Wildman–Crippen LogP) is 0.195. The third kappa shape index (κ3) is 2.22. The summed E-state index contributed by atoms with van der Waals surface area (Å²) >= 11 is 0. The Kier molecular flexibility index (Phi) is 3.06. The minimum Gasteiger partial charge on any atom is -0.545 e. The van der Waals surface area contributed by atoms with E-state index in [9.17, 15) is 14.7 Å². The lowest BCUT2D eigenvalue weighted by Gasteiger charge is -2.08. The molecule has 0 aliphatic rings. The summed E-state index contributed by atoms with van der Waals surface area (Å²) in [6.07, 6.45) is -0.973. The Bertz CT molecular complexity index is 358. The highest BCUT2D eigenvalue weighted by Gasteiger charge is 2.08. The maximum Gasteiger partial charge on any atom is 0.513 e. The summed E-state index contributed by atoms with van der Waals surface area (Å²) in [6.45, 7) is 0. The number of aromatic carboxylic acids is 1. The van der Waals surface area contributed by atoms with Gasteiger partial charge >= 0.3 is 6.16 Å². The first-order valence-corrected chi connectivity index (χ1v) is 3.71. The van der Waals surface area contributed by atoms with Gasteiger partial charge in [-0.1, -0.05) is 12.1 Å². The minimum absolute atomic E-state index is 0.0978. The molecule has 1 aromatic rings. The lowest BCUT2D eigenvalue weighted by atomic mass is 10.2. The molecule has 5 heteroatoms. The fraction of sp³-hybridized carbons (Fsp3) is 0.111. The first kappa shape index (κ1) is 10.0. The molecule has 0 atom stereocenters. The summed E-state index contributed by atoms with van der Waals surface area (Å²) in [4.78, 5) is 21.2. The van der Waals surface area contributed by atoms with E-state index < -0.39 is 12.1 Å². The maximum absolute atomic E-state index is 10.7. The van der Waals surface area contributed by atoms with Crippen molar-refractivity contribution in [2.24, 2.45) is 0 Å². The Morgan fingerprint density at radius 2 is 1.93 bits per heavy atom. The van der Waals surface area contributed by atoms with Gasteiger partial charge in [-0.15, -0.1) is 0 Å². The fourth-order valence-electron chi connectivity index (χ4n) is 0.856. The number of hydrogen-bond donors (Lipinski definition) is 0. The van der Waals surface area contributed by atoms with Crippen LogP contribution in [0.5, 0.6) is 5.75 Å². The summed E-state index contributed by atoms with van der Waals surface area (Å²) in [5.41, 5.74) is -0.196. The number of para-hydroxylation sites is 1. The maximum atomic E-state index is 10.7. The molecule has 0 fully saturated rings. The van der Waals surface area contributed by atoms with E-state index in [2.05, 4.69) is 9.47 Å². The van der Waals surface area contributed by atoms with Gasteiger partial charge in [-0.2, -0.15) is 0 Å². The van der Waals surface area contributed by atoms with E-state index >= 15 is 0 Å². The van der Waals surface area contributed by atoms with Crippen LogP contribution in [0.3, 0.4) is 0 Å². The molecule has 14 heavy (non-hydrogen) atoms. The third-order valence-electron chi connectivity index (χ3n) is 1.47. The number of benzene rings is 1. The second-order valence-electron chi connectivity index (χ2n) is 2.34. The third-order valence-corrected chi connectivity index (χ3v) is 1.47. The van der Waals surface area contributed by atoms with Gasteiger partial charge in [0.25, 0.3) is 0 Å². The van der Waals surface area contributed by atoms with Gasteiger partial charge < -0.3 is 19.4 Å². The Balaban J connectivity index is 2.95. The van der Waals surface area contributed by atoms with Crippen LogP contribution >= 0.6 is 0 Å². The van der Waals surface area contributed by atoms with E-state index in [0.29, 0.717) is 0 Å². The lowest BCUT2D eigenvalue weighted by molar-refractivity contribution is -0.255. The molecule has 0 aliphatic carbocycles. The van der Waals surface area contributed by atoms with Crippen LogP contribution in [0.4, 0.5) is 4.79 Å². The Labute approximate surface area is 79.9 Å². The largest absolute Gasteiger partial charge is 0.545 e. The number of ether oxygens (including phenoxy) is 2. The van der Waals surface area contributed by atoms with Crippen LogP contribution in [0.15, 0.2) is 24.3 Å². The Morgan fingerprint density at radius 3 is 2.50 bits per heavy atom. The van der Waals surface area contributed by atoms with Crippen LogP contribution in [-0.4, -0.2) is 19.2 Å². The molecule has 1 aromatic carbocycles. The molecule has 0 heterocycles. The molecule has 0 aliphatic heterocycles. The summed E-state index contributed by atoms with van der Waals surface area (Å²) in [5, 5.41) is 10.5. The van der Waals surface area contributed by atoms with Crippen molar-refractivity contribution in [3.05, 3.63) is 29.8 Å². The number of carboxylic acid groups (broad SMARTS) is 1. The van der Waals surface area contributed by atoms with Gasteiger partial charge in [0.1, 0.15) is 5.75 Å². The van der Waals surface area contributed by atoms with Crippen molar-refractivity contribution in [1.29, 1.82) is 0 Å². The second kappa shape index (κ2) is 4.27. The fourth-order valence-corrected chi connectivity index (χ4v) is 0.856. The van der Waals surface area contributed by atoms with Crippen molar-refractivity contribution >= 4 is 12.1 Å². The first-order chi connectivity index (χ1) is 6.65. The van der Waals surface area contributed by atoms with Crippen LogP contribution in [0.25, 0.3) is 0 Å². The number of carbonyl (C=O) groups excluding carboxylic acids is 2. The Morgan fingerprint density at radius 1 is 1.29 bits per heavy atom. The SMILES string of the molecule is COC(=O)Oc1ccccc1C(=O)[O-]. The van der Waals surface area contributed by atoms with Crippen LogP contribution < -0.4 is 9.84 Å². The summed E-state index contributed by atoms with van der Waals surface area (Å²) in [5.74, 6) is -1.51. The van der Waals surface area contributed by atoms with Crippen molar-refractivity contribution in [3.8, 4) is 5.75 Å². The smallest absolute Gasteiger partial charge is 0.513 e. The molecule has 0 amide bonds. The zero-order valence-electron chi connectivity index (χ0n) is 7.35. The molecule has 0 saturated heterocycles. The van der Waals surface area contributed by atoms with E-state index in [0.717, 1.165) is 7.11 Å². The van der Waals surface area contributed by atoms with Crippen molar-refractivity contribution in [3.63, 3.8) is 0 Å². The van der Waals surface area contributed by atoms with Gasteiger partial charge in [-0.3, -0.25) is 0 Å². The molecular weight excluding hydrogens is 188 g/mol. The summed E-state index contributed by atoms with van der Waals surface area (Å²) < 4.78 is 8.79. The van der Waals surface area contributed by atoms with Crippen molar-refractivity contribution < 1.29 is 24.2 Å². The van der Waals surface area contributed by atoms with Crippen LogP contribution in [0.1, 0.15) is 10.4 Å². The van der Waals surface area contributed by atoms with E-state index in [1.165, 1.54) is 24.3 Å². The number of carboxylic acids is 1. The predicted molar refractivity (Wildman–Crippen MR) is 43.8 cm³/mol. The minimum atomic E-state index is -1.41. The molecule has 5 nitrogen and oxygen atoms in total. The van der Waals surface area contributed by atoms with Crippen LogP contribution in [0, 0.1) is 0 Å². The zero-order valence-corrected chi connectivity index (χ0v) is 7.35.